The molecule has 0 fully saturated rings. The van der Waals surface area contributed by atoms with Gasteiger partial charge in [-0.3, -0.25) is 4.79 Å². The number of nitrogens with one attached hydrogen (secondary N) is 1. The smallest absolute Gasteiger partial charge is 0.242 e. The Balaban J connectivity index is 2.17. The van der Waals surface area contributed by atoms with Gasteiger partial charge >= 0.3 is 0 Å². The number of nitriles is 1. The van der Waals surface area contributed by atoms with E-state index in [-0.39, 0.29) is 4.90 Å². The molecule has 1 amide bonds. The second kappa shape index (κ2) is 6.58. The van der Waals surface area contributed by atoms with Crippen LogP contribution in [0.4, 0.5) is 10.1 Å². The van der Waals surface area contributed by atoms with Gasteiger partial charge in [0.05, 0.1) is 16.5 Å². The second-order valence-corrected chi connectivity index (χ2v) is 7.09. The lowest BCUT2D eigenvalue weighted by atomic mass is 10.2. The lowest BCUT2D eigenvalue weighted by Crippen LogP contribution is -2.32. The van der Waals surface area contributed by atoms with E-state index in [1.807, 2.05) is 6.07 Å². The summed E-state index contributed by atoms with van der Waals surface area (Å²) < 4.78 is 37.6. The number of carbonyl (C=O) groups excluding carboxylic acids is 1. The Labute approximate surface area is 133 Å². The molecule has 2 rings (SSSR count). The minimum Gasteiger partial charge on any atom is -0.325 e. The first-order valence-corrected chi connectivity index (χ1v) is 8.19. The first-order chi connectivity index (χ1) is 10.8. The third kappa shape index (κ3) is 3.73. The van der Waals surface area contributed by atoms with Crippen LogP contribution in [0.2, 0.25) is 0 Å². The quantitative estimate of drug-likeness (QED) is 0.872. The Hall–Kier alpha value is -2.72. The largest absolute Gasteiger partial charge is 0.325 e. The molecular formula is C16H13FN2O3S. The molecule has 0 bridgehead atoms. The van der Waals surface area contributed by atoms with Gasteiger partial charge in [-0.05, 0) is 55.5 Å². The van der Waals surface area contributed by atoms with Gasteiger partial charge in [0.2, 0.25) is 5.91 Å². The Bertz CT molecular complexity index is 854. The predicted molar refractivity (Wildman–Crippen MR) is 82.8 cm³/mol. The van der Waals surface area contributed by atoms with Crippen molar-refractivity contribution >= 4 is 21.4 Å². The van der Waals surface area contributed by atoms with E-state index < -0.39 is 26.8 Å². The predicted octanol–water partition coefficient (Wildman–Crippen LogP) is 2.50. The van der Waals surface area contributed by atoms with Crippen LogP contribution in [0.3, 0.4) is 0 Å². The van der Waals surface area contributed by atoms with Crippen LogP contribution in [0.1, 0.15) is 12.5 Å². The molecule has 1 atom stereocenters. The second-order valence-electron chi connectivity index (χ2n) is 4.82. The van der Waals surface area contributed by atoms with E-state index in [1.54, 1.807) is 0 Å². The highest BCUT2D eigenvalue weighted by Crippen LogP contribution is 2.18. The lowest BCUT2D eigenvalue weighted by Gasteiger charge is -2.13. The summed E-state index contributed by atoms with van der Waals surface area (Å²) in [7, 11) is -3.92. The molecular weight excluding hydrogens is 319 g/mol. The molecule has 118 valence electrons. The summed E-state index contributed by atoms with van der Waals surface area (Å²) >= 11 is 0. The van der Waals surface area contributed by atoms with Gasteiger partial charge in [-0.25, -0.2) is 12.8 Å². The molecule has 0 saturated carbocycles. The van der Waals surface area contributed by atoms with Crippen molar-refractivity contribution in [1.29, 1.82) is 5.26 Å². The topological polar surface area (TPSA) is 87.0 Å². The average Bonchev–Trinajstić information content (AvgIpc) is 2.55. The number of carbonyl (C=O) groups is 1. The maximum absolute atomic E-state index is 12.9. The van der Waals surface area contributed by atoms with E-state index in [0.717, 1.165) is 24.3 Å². The zero-order valence-electron chi connectivity index (χ0n) is 12.2. The van der Waals surface area contributed by atoms with Crippen molar-refractivity contribution in [3.8, 4) is 6.07 Å². The zero-order valence-corrected chi connectivity index (χ0v) is 13.0. The third-order valence-corrected chi connectivity index (χ3v) is 5.33. The molecule has 0 spiro atoms. The Morgan fingerprint density at radius 1 is 1.13 bits per heavy atom. The summed E-state index contributed by atoms with van der Waals surface area (Å²) in [4.78, 5) is 12.0. The van der Waals surface area contributed by atoms with E-state index in [4.69, 9.17) is 5.26 Å². The van der Waals surface area contributed by atoms with Gasteiger partial charge in [-0.1, -0.05) is 0 Å². The molecule has 0 aliphatic rings. The molecule has 0 radical (unpaired) electrons. The number of benzene rings is 2. The molecule has 0 aliphatic heterocycles. The molecule has 0 saturated heterocycles. The molecule has 2 aromatic carbocycles. The fourth-order valence-electron chi connectivity index (χ4n) is 1.84. The number of nitrogens with zero attached hydrogens (tertiary/aromatic N) is 1. The van der Waals surface area contributed by atoms with Gasteiger partial charge in [-0.15, -0.1) is 0 Å². The average molecular weight is 332 g/mol. The van der Waals surface area contributed by atoms with Gasteiger partial charge in [0.25, 0.3) is 0 Å². The van der Waals surface area contributed by atoms with Crippen LogP contribution >= 0.6 is 0 Å². The van der Waals surface area contributed by atoms with Crippen LogP contribution in [0.25, 0.3) is 0 Å². The minimum absolute atomic E-state index is 0.124. The van der Waals surface area contributed by atoms with Crippen LogP contribution < -0.4 is 5.32 Å². The third-order valence-electron chi connectivity index (χ3n) is 3.26. The van der Waals surface area contributed by atoms with Gasteiger partial charge in [-0.2, -0.15) is 5.26 Å². The van der Waals surface area contributed by atoms with Crippen molar-refractivity contribution in [2.24, 2.45) is 0 Å². The number of halogens is 1. The van der Waals surface area contributed by atoms with Crippen LogP contribution in [0, 0.1) is 17.1 Å². The maximum atomic E-state index is 12.9. The first kappa shape index (κ1) is 16.6. The van der Waals surface area contributed by atoms with Crippen molar-refractivity contribution in [3.05, 3.63) is 59.9 Å². The van der Waals surface area contributed by atoms with Gasteiger partial charge in [0.1, 0.15) is 11.1 Å². The summed E-state index contributed by atoms with van der Waals surface area (Å²) in [5, 5.41) is 9.84. The van der Waals surface area contributed by atoms with Gasteiger partial charge in [0, 0.05) is 5.69 Å². The summed E-state index contributed by atoms with van der Waals surface area (Å²) in [6, 6.07) is 12.3. The van der Waals surface area contributed by atoms with Crippen LogP contribution in [0.5, 0.6) is 0 Å². The van der Waals surface area contributed by atoms with Crippen molar-refractivity contribution < 1.29 is 17.6 Å². The number of amides is 1. The Morgan fingerprint density at radius 3 is 2.22 bits per heavy atom. The monoisotopic (exact) mass is 332 g/mol. The van der Waals surface area contributed by atoms with Gasteiger partial charge in [0.15, 0.2) is 9.84 Å². The Morgan fingerprint density at radius 2 is 1.70 bits per heavy atom. The fraction of sp³-hybridized carbons (Fsp3) is 0.125. The van der Waals surface area contributed by atoms with Crippen LogP contribution in [-0.2, 0) is 14.6 Å². The SMILES string of the molecule is CC(C(=O)Nc1ccc(C#N)cc1)S(=O)(=O)c1ccc(F)cc1. The Kier molecular flexibility index (Phi) is 4.77. The normalized spacial score (nSPS) is 12.2. The fourth-order valence-corrected chi connectivity index (χ4v) is 3.11. The molecule has 5 nitrogen and oxygen atoms in total. The maximum Gasteiger partial charge on any atom is 0.242 e. The van der Waals surface area contributed by atoms with E-state index in [0.29, 0.717) is 11.3 Å². The summed E-state index contributed by atoms with van der Waals surface area (Å²) in [5.41, 5.74) is 0.810. The highest BCUT2D eigenvalue weighted by atomic mass is 32.2. The summed E-state index contributed by atoms with van der Waals surface area (Å²) in [6.45, 7) is 1.26. The molecule has 0 heterocycles. The standard InChI is InChI=1S/C16H13FN2O3S/c1-11(23(21,22)15-8-4-13(17)5-9-15)16(20)19-14-6-2-12(10-18)3-7-14/h2-9,11H,1H3,(H,19,20). The van der Waals surface area contributed by atoms with E-state index in [2.05, 4.69) is 5.32 Å². The number of anilines is 1. The van der Waals surface area contributed by atoms with Crippen molar-refractivity contribution in [2.75, 3.05) is 5.32 Å². The number of sulfone groups is 1. The molecule has 0 aliphatic carbocycles. The molecule has 1 N–H and O–H groups in total. The van der Waals surface area contributed by atoms with Crippen LogP contribution in [-0.4, -0.2) is 19.6 Å². The highest BCUT2D eigenvalue weighted by molar-refractivity contribution is 7.92. The summed E-state index contributed by atoms with van der Waals surface area (Å²) in [5.74, 6) is -1.27. The number of hydrogen-bond acceptors (Lipinski definition) is 4. The van der Waals surface area contributed by atoms with Crippen molar-refractivity contribution in [1.82, 2.24) is 0 Å². The molecule has 7 heteroatoms. The highest BCUT2D eigenvalue weighted by Gasteiger charge is 2.29. The van der Waals surface area contributed by atoms with E-state index in [1.165, 1.54) is 31.2 Å². The number of hydrogen-bond donors (Lipinski definition) is 1. The summed E-state index contributed by atoms with van der Waals surface area (Å²) in [6.07, 6.45) is 0. The first-order valence-electron chi connectivity index (χ1n) is 6.65. The molecule has 23 heavy (non-hydrogen) atoms. The lowest BCUT2D eigenvalue weighted by molar-refractivity contribution is -0.115. The van der Waals surface area contributed by atoms with Crippen molar-refractivity contribution in [3.63, 3.8) is 0 Å². The number of rotatable bonds is 4. The molecule has 2 aromatic rings. The molecule has 0 aromatic heterocycles. The van der Waals surface area contributed by atoms with Gasteiger partial charge < -0.3 is 5.32 Å². The molecule has 1 unspecified atom stereocenters. The van der Waals surface area contributed by atoms with Crippen LogP contribution in [0.15, 0.2) is 53.4 Å². The van der Waals surface area contributed by atoms with Crippen molar-refractivity contribution in [2.45, 2.75) is 17.1 Å². The zero-order chi connectivity index (χ0) is 17.0. The van der Waals surface area contributed by atoms with E-state index >= 15 is 0 Å². The van der Waals surface area contributed by atoms with E-state index in [9.17, 15) is 17.6 Å². The minimum atomic E-state index is -3.92.